The van der Waals surface area contributed by atoms with Gasteiger partial charge in [0.05, 0.1) is 5.57 Å². The molecule has 1 aromatic rings. The molecule has 0 spiro atoms. The van der Waals surface area contributed by atoms with Crippen LogP contribution in [0.25, 0.3) is 0 Å². The van der Waals surface area contributed by atoms with Gasteiger partial charge in [-0.1, -0.05) is 66.8 Å². The summed E-state index contributed by atoms with van der Waals surface area (Å²) >= 11 is 0. The maximum atomic E-state index is 13.3. The third kappa shape index (κ3) is 6.14. The third-order valence-corrected chi connectivity index (χ3v) is 2.96. The Hall–Kier alpha value is -2.94. The van der Waals surface area contributed by atoms with E-state index >= 15 is 0 Å². The fourth-order valence-corrected chi connectivity index (χ4v) is 1.80. The summed E-state index contributed by atoms with van der Waals surface area (Å²) in [6.45, 7) is 0.210. The second-order valence-corrected chi connectivity index (χ2v) is 4.72. The first-order chi connectivity index (χ1) is 11.3. The van der Waals surface area contributed by atoms with Crippen LogP contribution in [-0.4, -0.2) is 5.97 Å². The van der Waals surface area contributed by atoms with Crippen LogP contribution in [0.5, 0.6) is 0 Å². The molecule has 1 aromatic carbocycles. The van der Waals surface area contributed by atoms with Crippen LogP contribution in [0.15, 0.2) is 102 Å². The fourth-order valence-electron chi connectivity index (χ4n) is 1.80. The van der Waals surface area contributed by atoms with Crippen LogP contribution in [0, 0.1) is 0 Å². The quantitative estimate of drug-likeness (QED) is 0.753. The highest BCUT2D eigenvalue weighted by Gasteiger charge is 2.07. The second-order valence-electron chi connectivity index (χ2n) is 4.72. The van der Waals surface area contributed by atoms with E-state index in [1.807, 2.05) is 30.3 Å². The average Bonchev–Trinajstić information content (AvgIpc) is 2.57. The lowest BCUT2D eigenvalue weighted by Gasteiger charge is -2.05. The van der Waals surface area contributed by atoms with Crippen molar-refractivity contribution in [2.75, 3.05) is 0 Å². The number of benzene rings is 1. The summed E-state index contributed by atoms with van der Waals surface area (Å²) in [7, 11) is 0. The first kappa shape index (κ1) is 16.4. The molecule has 0 saturated heterocycles. The molecule has 1 aliphatic rings. The maximum Gasteiger partial charge on any atom is 0.338 e. The normalized spacial score (nSPS) is 24.6. The molecule has 0 heterocycles. The van der Waals surface area contributed by atoms with Crippen LogP contribution in [0.3, 0.4) is 0 Å². The van der Waals surface area contributed by atoms with Crippen molar-refractivity contribution in [2.24, 2.45) is 0 Å². The fraction of sp³-hybridized carbons (Fsp3) is 0.0500. The van der Waals surface area contributed by atoms with Crippen LogP contribution in [0.4, 0.5) is 4.39 Å². The molecule has 2 nitrogen and oxygen atoms in total. The second kappa shape index (κ2) is 9.15. The molecule has 0 unspecified atom stereocenters. The van der Waals surface area contributed by atoms with Crippen molar-refractivity contribution >= 4 is 5.97 Å². The summed E-state index contributed by atoms with van der Waals surface area (Å²) in [4.78, 5) is 12.1. The van der Waals surface area contributed by atoms with E-state index in [0.29, 0.717) is 5.57 Å². The number of esters is 1. The van der Waals surface area contributed by atoms with Crippen molar-refractivity contribution in [3.63, 3.8) is 0 Å². The van der Waals surface area contributed by atoms with Gasteiger partial charge in [-0.3, -0.25) is 0 Å². The van der Waals surface area contributed by atoms with Crippen molar-refractivity contribution < 1.29 is 13.9 Å². The molecule has 0 aliphatic heterocycles. The van der Waals surface area contributed by atoms with Crippen molar-refractivity contribution in [3.8, 4) is 0 Å². The van der Waals surface area contributed by atoms with Gasteiger partial charge in [0.1, 0.15) is 12.4 Å². The van der Waals surface area contributed by atoms with Crippen LogP contribution in [-0.2, 0) is 16.1 Å². The highest BCUT2D eigenvalue weighted by molar-refractivity contribution is 5.92. The van der Waals surface area contributed by atoms with Gasteiger partial charge in [0.15, 0.2) is 0 Å². The predicted molar refractivity (Wildman–Crippen MR) is 90.1 cm³/mol. The lowest BCUT2D eigenvalue weighted by molar-refractivity contribution is -0.139. The molecular formula is C20H17FO2. The van der Waals surface area contributed by atoms with E-state index in [-0.39, 0.29) is 12.4 Å². The zero-order valence-corrected chi connectivity index (χ0v) is 12.6. The highest BCUT2D eigenvalue weighted by atomic mass is 19.1. The number of hydrogen-bond donors (Lipinski definition) is 0. The largest absolute Gasteiger partial charge is 0.457 e. The molecule has 23 heavy (non-hydrogen) atoms. The van der Waals surface area contributed by atoms with Crippen LogP contribution >= 0.6 is 0 Å². The van der Waals surface area contributed by atoms with Crippen molar-refractivity contribution in [1.82, 2.24) is 0 Å². The Balaban J connectivity index is 2.07. The van der Waals surface area contributed by atoms with Crippen molar-refractivity contribution in [2.45, 2.75) is 6.61 Å². The summed E-state index contributed by atoms with van der Waals surface area (Å²) in [6.07, 6.45) is 15.7. The Morgan fingerprint density at radius 2 is 1.57 bits per heavy atom. The molecule has 1 aliphatic carbocycles. The number of hydrogen-bond acceptors (Lipinski definition) is 2. The summed E-state index contributed by atoms with van der Waals surface area (Å²) in [6, 6.07) is 9.46. The molecular weight excluding hydrogens is 291 g/mol. The average molecular weight is 308 g/mol. The number of ether oxygens (including phenoxy) is 1. The monoisotopic (exact) mass is 308 g/mol. The summed E-state index contributed by atoms with van der Waals surface area (Å²) in [5.74, 6) is -0.794. The Labute approximate surface area is 135 Å². The molecule has 0 N–H and O–H groups in total. The van der Waals surface area contributed by atoms with Gasteiger partial charge >= 0.3 is 5.97 Å². The summed E-state index contributed by atoms with van der Waals surface area (Å²) in [5.41, 5.74) is 1.31. The first-order valence-electron chi connectivity index (χ1n) is 7.22. The third-order valence-electron chi connectivity index (χ3n) is 2.96. The van der Waals surface area contributed by atoms with Crippen molar-refractivity contribution in [1.29, 1.82) is 0 Å². The minimum absolute atomic E-state index is 0.210. The maximum absolute atomic E-state index is 13.3. The molecule has 2 rings (SSSR count). The molecule has 0 atom stereocenters. The molecule has 0 saturated carbocycles. The van der Waals surface area contributed by atoms with Crippen LogP contribution < -0.4 is 0 Å². The molecule has 0 radical (unpaired) electrons. The van der Waals surface area contributed by atoms with Gasteiger partial charge in [0, 0.05) is 0 Å². The van der Waals surface area contributed by atoms with E-state index in [1.54, 1.807) is 42.5 Å². The van der Waals surface area contributed by atoms with Gasteiger partial charge in [-0.05, 0) is 29.9 Å². The number of carbonyl (C=O) groups is 1. The molecule has 116 valence electrons. The Kier molecular flexibility index (Phi) is 6.54. The zero-order valence-electron chi connectivity index (χ0n) is 12.6. The van der Waals surface area contributed by atoms with E-state index < -0.39 is 5.97 Å². The van der Waals surface area contributed by atoms with Gasteiger partial charge in [0.2, 0.25) is 0 Å². The first-order valence-corrected chi connectivity index (χ1v) is 7.22. The van der Waals surface area contributed by atoms with Crippen LogP contribution in [0.2, 0.25) is 0 Å². The molecule has 0 bridgehead atoms. The lowest BCUT2D eigenvalue weighted by Crippen LogP contribution is -2.06. The van der Waals surface area contributed by atoms with E-state index in [2.05, 4.69) is 0 Å². The van der Waals surface area contributed by atoms with Gasteiger partial charge in [-0.25, -0.2) is 9.18 Å². The summed E-state index contributed by atoms with van der Waals surface area (Å²) < 4.78 is 18.6. The molecule has 3 heteroatoms. The van der Waals surface area contributed by atoms with Gasteiger partial charge < -0.3 is 4.74 Å². The van der Waals surface area contributed by atoms with E-state index in [9.17, 15) is 9.18 Å². The predicted octanol–water partition coefficient (Wildman–Crippen LogP) is 4.75. The van der Waals surface area contributed by atoms with Gasteiger partial charge in [-0.15, -0.1) is 0 Å². The Morgan fingerprint density at radius 3 is 2.35 bits per heavy atom. The Morgan fingerprint density at radius 1 is 0.870 bits per heavy atom. The highest BCUT2D eigenvalue weighted by Crippen LogP contribution is 2.08. The van der Waals surface area contributed by atoms with E-state index in [4.69, 9.17) is 4.74 Å². The summed E-state index contributed by atoms with van der Waals surface area (Å²) in [5, 5.41) is 0. The molecule has 0 amide bonds. The molecule has 0 aromatic heterocycles. The number of allylic oxidation sites excluding steroid dienone is 10. The number of rotatable bonds is 3. The topological polar surface area (TPSA) is 26.3 Å². The molecule has 0 fully saturated rings. The minimum atomic E-state index is -0.430. The minimum Gasteiger partial charge on any atom is -0.457 e. The van der Waals surface area contributed by atoms with Crippen LogP contribution in [0.1, 0.15) is 5.56 Å². The number of halogens is 1. The van der Waals surface area contributed by atoms with Crippen molar-refractivity contribution in [3.05, 3.63) is 108 Å². The smallest absolute Gasteiger partial charge is 0.338 e. The van der Waals surface area contributed by atoms with E-state index in [0.717, 1.165) is 5.56 Å². The lowest BCUT2D eigenvalue weighted by atomic mass is 10.2. The number of carbonyl (C=O) groups excluding carboxylic acids is 1. The van der Waals surface area contributed by atoms with E-state index in [1.165, 1.54) is 18.2 Å². The zero-order chi connectivity index (χ0) is 16.3. The van der Waals surface area contributed by atoms with Gasteiger partial charge in [-0.2, -0.15) is 0 Å². The Bertz CT molecular complexity index is 704. The SMILES string of the molecule is O=C(OCc1ccccc1)C1=C/C=C\C=C/C=C(F)\C=C/C=C\1. The standard InChI is InChI=1S/C20H17FO2/c21-19-14-7-2-1-6-12-18(13-8-9-15-19)20(22)23-16-17-10-4-3-5-11-17/h1-15H,16H2/b2-1?,6-1-,7-2-,9-8?,12-6?,13-8-,14-7?,15-9-,18-12+,18-13?,19-14+,19-15?. The van der Waals surface area contributed by atoms with Gasteiger partial charge in [0.25, 0.3) is 0 Å².